The molecule has 1 aromatic rings. The Bertz CT molecular complexity index is 461. The quantitative estimate of drug-likeness (QED) is 0.850. The van der Waals surface area contributed by atoms with Crippen molar-refractivity contribution >= 4 is 17.7 Å². The van der Waals surface area contributed by atoms with E-state index in [-0.39, 0.29) is 11.3 Å². The van der Waals surface area contributed by atoms with E-state index >= 15 is 0 Å². The van der Waals surface area contributed by atoms with Crippen LogP contribution in [0.25, 0.3) is 0 Å². The molecular weight excluding hydrogens is 279 g/mol. The summed E-state index contributed by atoms with van der Waals surface area (Å²) in [5.41, 5.74) is 0.0353. The van der Waals surface area contributed by atoms with Gasteiger partial charge in [-0.25, -0.2) is 0 Å². The van der Waals surface area contributed by atoms with Crippen molar-refractivity contribution in [2.24, 2.45) is 0 Å². The summed E-state index contributed by atoms with van der Waals surface area (Å²) < 4.78 is 41.9. The number of nitrogens with one attached hydrogen (secondary N) is 1. The SMILES string of the molecule is COC(=O)[C@@H]1CS[C@@H](c2ccc(C(F)(F)F)cc2)N1. The molecule has 2 rings (SSSR count). The first-order valence-corrected chi connectivity index (χ1v) is 6.59. The number of esters is 1. The number of thioether (sulfide) groups is 1. The van der Waals surface area contributed by atoms with Crippen LogP contribution < -0.4 is 5.32 Å². The minimum absolute atomic E-state index is 0.189. The Labute approximate surface area is 112 Å². The molecule has 1 fully saturated rings. The van der Waals surface area contributed by atoms with Crippen LogP contribution in [0.5, 0.6) is 0 Å². The molecule has 0 bridgehead atoms. The van der Waals surface area contributed by atoms with Crippen LogP contribution in [-0.2, 0) is 15.7 Å². The van der Waals surface area contributed by atoms with Gasteiger partial charge in [-0.2, -0.15) is 13.2 Å². The third-order valence-electron chi connectivity index (χ3n) is 2.81. The van der Waals surface area contributed by atoms with Gasteiger partial charge in [0, 0.05) is 5.75 Å². The van der Waals surface area contributed by atoms with Gasteiger partial charge in [0.25, 0.3) is 0 Å². The van der Waals surface area contributed by atoms with Crippen LogP contribution in [-0.4, -0.2) is 24.9 Å². The number of hydrogen-bond donors (Lipinski definition) is 1. The topological polar surface area (TPSA) is 38.3 Å². The van der Waals surface area contributed by atoms with Crippen molar-refractivity contribution in [3.8, 4) is 0 Å². The highest BCUT2D eigenvalue weighted by atomic mass is 32.2. The molecule has 0 spiro atoms. The van der Waals surface area contributed by atoms with Gasteiger partial charge < -0.3 is 4.74 Å². The van der Waals surface area contributed by atoms with Crippen LogP contribution in [0, 0.1) is 0 Å². The van der Waals surface area contributed by atoms with E-state index in [4.69, 9.17) is 0 Å². The van der Waals surface area contributed by atoms with Gasteiger partial charge in [-0.3, -0.25) is 10.1 Å². The highest BCUT2D eigenvalue weighted by Crippen LogP contribution is 2.35. The summed E-state index contributed by atoms with van der Waals surface area (Å²) in [5, 5.41) is 2.83. The first kappa shape index (κ1) is 14.2. The predicted molar refractivity (Wildman–Crippen MR) is 65.6 cm³/mol. The van der Waals surface area contributed by atoms with Gasteiger partial charge in [-0.05, 0) is 17.7 Å². The number of ether oxygens (including phenoxy) is 1. The zero-order chi connectivity index (χ0) is 14.0. The first-order chi connectivity index (χ1) is 8.91. The maximum Gasteiger partial charge on any atom is 0.416 e. The van der Waals surface area contributed by atoms with Crippen molar-refractivity contribution < 1.29 is 22.7 Å². The molecule has 0 radical (unpaired) electrons. The molecule has 0 unspecified atom stereocenters. The largest absolute Gasteiger partial charge is 0.468 e. The van der Waals surface area contributed by atoms with E-state index in [9.17, 15) is 18.0 Å². The van der Waals surface area contributed by atoms with Crippen LogP contribution >= 0.6 is 11.8 Å². The minimum atomic E-state index is -4.33. The fourth-order valence-corrected chi connectivity index (χ4v) is 3.02. The zero-order valence-electron chi connectivity index (χ0n) is 10.0. The second-order valence-corrected chi connectivity index (χ2v) is 5.21. The monoisotopic (exact) mass is 291 g/mol. The number of hydrogen-bond acceptors (Lipinski definition) is 4. The molecule has 1 N–H and O–H groups in total. The maximum atomic E-state index is 12.4. The molecule has 0 amide bonds. The molecule has 2 atom stereocenters. The standard InChI is InChI=1S/C12H12F3NO2S/c1-18-11(17)9-6-19-10(16-9)7-2-4-8(5-3-7)12(13,14)15/h2-5,9-10,16H,6H2,1H3/t9-,10-/m0/s1. The molecule has 1 saturated heterocycles. The summed E-state index contributed by atoms with van der Waals surface area (Å²) in [7, 11) is 1.31. The van der Waals surface area contributed by atoms with Crippen molar-refractivity contribution in [3.05, 3.63) is 35.4 Å². The Kier molecular flexibility index (Phi) is 4.05. The van der Waals surface area contributed by atoms with Crippen molar-refractivity contribution in [2.45, 2.75) is 17.6 Å². The molecule has 1 heterocycles. The lowest BCUT2D eigenvalue weighted by molar-refractivity contribution is -0.142. The number of methoxy groups -OCH3 is 1. The lowest BCUT2D eigenvalue weighted by Gasteiger charge is -2.13. The lowest BCUT2D eigenvalue weighted by Crippen LogP contribution is -2.34. The van der Waals surface area contributed by atoms with Crippen molar-refractivity contribution in [1.29, 1.82) is 0 Å². The smallest absolute Gasteiger partial charge is 0.416 e. The molecule has 1 aromatic carbocycles. The summed E-state index contributed by atoms with van der Waals surface area (Å²) in [6.07, 6.45) is -4.33. The fraction of sp³-hybridized carbons (Fsp3) is 0.417. The Morgan fingerprint density at radius 1 is 1.37 bits per heavy atom. The van der Waals surface area contributed by atoms with Crippen LogP contribution in [0.15, 0.2) is 24.3 Å². The molecule has 0 aliphatic carbocycles. The predicted octanol–water partition coefficient (Wildman–Crippen LogP) is 2.58. The molecule has 19 heavy (non-hydrogen) atoms. The van der Waals surface area contributed by atoms with Crippen LogP contribution in [0.4, 0.5) is 13.2 Å². The molecule has 7 heteroatoms. The van der Waals surface area contributed by atoms with E-state index in [1.165, 1.54) is 31.0 Å². The number of carbonyl (C=O) groups is 1. The third kappa shape index (κ3) is 3.22. The third-order valence-corrected chi connectivity index (χ3v) is 4.08. The van der Waals surface area contributed by atoms with Crippen molar-refractivity contribution in [1.82, 2.24) is 5.32 Å². The van der Waals surface area contributed by atoms with Crippen LogP contribution in [0.1, 0.15) is 16.5 Å². The summed E-state index contributed by atoms with van der Waals surface area (Å²) in [6.45, 7) is 0. The Balaban J connectivity index is 2.06. The summed E-state index contributed by atoms with van der Waals surface area (Å²) >= 11 is 1.47. The van der Waals surface area contributed by atoms with E-state index in [0.29, 0.717) is 11.3 Å². The van der Waals surface area contributed by atoms with Gasteiger partial charge in [-0.1, -0.05) is 12.1 Å². The van der Waals surface area contributed by atoms with E-state index in [2.05, 4.69) is 10.1 Å². The minimum Gasteiger partial charge on any atom is -0.468 e. The van der Waals surface area contributed by atoms with Crippen LogP contribution in [0.2, 0.25) is 0 Å². The molecule has 1 aliphatic rings. The summed E-state index contributed by atoms with van der Waals surface area (Å²) in [5.74, 6) is 0.181. The van der Waals surface area contributed by atoms with E-state index in [1.807, 2.05) is 0 Å². The second kappa shape index (κ2) is 5.42. The molecule has 3 nitrogen and oxygen atoms in total. The number of halogens is 3. The Hall–Kier alpha value is -1.21. The van der Waals surface area contributed by atoms with Gasteiger partial charge >= 0.3 is 12.1 Å². The lowest BCUT2D eigenvalue weighted by atomic mass is 10.1. The molecule has 0 aromatic heterocycles. The molecule has 0 saturated carbocycles. The fourth-order valence-electron chi connectivity index (χ4n) is 1.79. The van der Waals surface area contributed by atoms with Gasteiger partial charge in [0.1, 0.15) is 6.04 Å². The van der Waals surface area contributed by atoms with Gasteiger partial charge in [0.15, 0.2) is 0 Å². The van der Waals surface area contributed by atoms with Gasteiger partial charge in [0.05, 0.1) is 18.0 Å². The number of benzene rings is 1. The number of alkyl halides is 3. The van der Waals surface area contributed by atoms with Gasteiger partial charge in [0.2, 0.25) is 0 Å². The second-order valence-electron chi connectivity index (χ2n) is 4.08. The van der Waals surface area contributed by atoms with E-state index in [0.717, 1.165) is 12.1 Å². The highest BCUT2D eigenvalue weighted by molar-refractivity contribution is 7.99. The Morgan fingerprint density at radius 2 is 2.00 bits per heavy atom. The molecule has 1 aliphatic heterocycles. The summed E-state index contributed by atoms with van der Waals surface area (Å²) in [4.78, 5) is 11.3. The average molecular weight is 291 g/mol. The number of carbonyl (C=O) groups excluding carboxylic acids is 1. The van der Waals surface area contributed by atoms with Crippen molar-refractivity contribution in [3.63, 3.8) is 0 Å². The normalized spacial score (nSPS) is 23.4. The Morgan fingerprint density at radius 3 is 2.53 bits per heavy atom. The molecule has 104 valence electrons. The first-order valence-electron chi connectivity index (χ1n) is 5.54. The average Bonchev–Trinajstić information content (AvgIpc) is 2.86. The molecular formula is C12H12F3NO2S. The highest BCUT2D eigenvalue weighted by Gasteiger charge is 2.33. The summed E-state index contributed by atoms with van der Waals surface area (Å²) in [6, 6.07) is 4.52. The maximum absolute atomic E-state index is 12.4. The zero-order valence-corrected chi connectivity index (χ0v) is 10.8. The van der Waals surface area contributed by atoms with Crippen LogP contribution in [0.3, 0.4) is 0 Å². The van der Waals surface area contributed by atoms with Crippen molar-refractivity contribution in [2.75, 3.05) is 12.9 Å². The number of rotatable bonds is 2. The van der Waals surface area contributed by atoms with E-state index < -0.39 is 17.8 Å². The van der Waals surface area contributed by atoms with Gasteiger partial charge in [-0.15, -0.1) is 11.8 Å². The van der Waals surface area contributed by atoms with E-state index in [1.54, 1.807) is 0 Å².